The van der Waals surface area contributed by atoms with Gasteiger partial charge in [0, 0.05) is 9.79 Å². The summed E-state index contributed by atoms with van der Waals surface area (Å²) in [5.74, 6) is 0.446. The third kappa shape index (κ3) is 2.94. The molecule has 3 nitrogen and oxygen atoms in total. The zero-order valence-corrected chi connectivity index (χ0v) is 14.5. The van der Waals surface area contributed by atoms with Gasteiger partial charge in [0.25, 0.3) is 0 Å². The average Bonchev–Trinajstić information content (AvgIpc) is 3.12. The Morgan fingerprint density at radius 2 is 1.65 bits per heavy atom. The van der Waals surface area contributed by atoms with Gasteiger partial charge in [0.05, 0.1) is 16.9 Å². The molecule has 4 rings (SSSR count). The van der Waals surface area contributed by atoms with Crippen molar-refractivity contribution in [2.24, 2.45) is 0 Å². The monoisotopic (exact) mass is 379 g/mol. The normalized spacial score (nSPS) is 17.1. The van der Waals surface area contributed by atoms with Crippen molar-refractivity contribution in [2.75, 3.05) is 4.90 Å². The van der Waals surface area contributed by atoms with Crippen LogP contribution in [0.1, 0.15) is 42.7 Å². The third-order valence-electron chi connectivity index (χ3n) is 4.99. The second kappa shape index (κ2) is 6.23. The van der Waals surface area contributed by atoms with Crippen molar-refractivity contribution in [3.63, 3.8) is 0 Å². The maximum atomic E-state index is 13.0. The van der Waals surface area contributed by atoms with Crippen LogP contribution in [0.25, 0.3) is 0 Å². The quantitative estimate of drug-likeness (QED) is 0.603. The highest BCUT2D eigenvalue weighted by atomic mass is 32.2. The summed E-state index contributed by atoms with van der Waals surface area (Å²) in [5, 5.41) is 9.64. The van der Waals surface area contributed by atoms with Crippen LogP contribution in [0.2, 0.25) is 0 Å². The molecule has 26 heavy (non-hydrogen) atoms. The molecule has 0 bridgehead atoms. The van der Waals surface area contributed by atoms with Gasteiger partial charge < -0.3 is 5.11 Å². The molecule has 1 aliphatic heterocycles. The Balaban J connectivity index is 1.80. The molecule has 1 aliphatic carbocycles. The Labute approximate surface area is 152 Å². The van der Waals surface area contributed by atoms with E-state index in [2.05, 4.69) is 0 Å². The second-order valence-corrected chi connectivity index (χ2v) is 7.69. The minimum Gasteiger partial charge on any atom is -0.464 e. The Morgan fingerprint density at radius 3 is 2.27 bits per heavy atom. The molecule has 0 atom stereocenters. The van der Waals surface area contributed by atoms with Crippen LogP contribution in [0.15, 0.2) is 46.2 Å². The summed E-state index contributed by atoms with van der Waals surface area (Å²) in [4.78, 5) is 13.9. The first-order valence-corrected chi connectivity index (χ1v) is 9.22. The molecule has 1 fully saturated rings. The highest BCUT2D eigenvalue weighted by Gasteiger charge is 2.34. The summed E-state index contributed by atoms with van der Waals surface area (Å²) in [6, 6.07) is 8.84. The Bertz CT molecular complexity index is 876. The summed E-state index contributed by atoms with van der Waals surface area (Å²) in [7, 11) is 0. The number of amides is 1. The molecule has 0 unspecified atom stereocenters. The van der Waals surface area contributed by atoms with E-state index in [0.717, 1.165) is 35.4 Å². The fourth-order valence-electron chi connectivity index (χ4n) is 3.72. The molecule has 0 saturated heterocycles. The Kier molecular flexibility index (Phi) is 4.14. The molecule has 1 saturated carbocycles. The molecular weight excluding hydrogens is 363 g/mol. The lowest BCUT2D eigenvalue weighted by Gasteiger charge is -2.30. The van der Waals surface area contributed by atoms with Crippen LogP contribution >= 0.6 is 11.8 Å². The summed E-state index contributed by atoms with van der Waals surface area (Å²) >= 11 is 1.20. The zero-order chi connectivity index (χ0) is 18.5. The van der Waals surface area contributed by atoms with Gasteiger partial charge in [0.15, 0.2) is 0 Å². The number of rotatable bonds is 1. The van der Waals surface area contributed by atoms with Crippen LogP contribution in [0.4, 0.5) is 29.3 Å². The van der Waals surface area contributed by atoms with Gasteiger partial charge in [-0.05, 0) is 54.7 Å². The number of carboxylic acid groups (broad SMARTS) is 1. The molecule has 0 spiro atoms. The number of halogens is 3. The first-order valence-electron chi connectivity index (χ1n) is 8.40. The maximum Gasteiger partial charge on any atom is 0.416 e. The smallest absolute Gasteiger partial charge is 0.416 e. The van der Waals surface area contributed by atoms with Gasteiger partial charge >= 0.3 is 12.3 Å². The number of alkyl halides is 3. The maximum absolute atomic E-state index is 13.0. The van der Waals surface area contributed by atoms with Crippen LogP contribution in [0.3, 0.4) is 0 Å². The van der Waals surface area contributed by atoms with E-state index in [1.807, 2.05) is 12.1 Å². The molecule has 136 valence electrons. The topological polar surface area (TPSA) is 40.5 Å². The van der Waals surface area contributed by atoms with E-state index in [-0.39, 0.29) is 5.69 Å². The molecule has 0 radical (unpaired) electrons. The van der Waals surface area contributed by atoms with Gasteiger partial charge in [0.1, 0.15) is 0 Å². The van der Waals surface area contributed by atoms with E-state index in [4.69, 9.17) is 0 Å². The van der Waals surface area contributed by atoms with E-state index in [0.29, 0.717) is 21.4 Å². The average molecular weight is 379 g/mol. The van der Waals surface area contributed by atoms with Gasteiger partial charge in [-0.1, -0.05) is 30.7 Å². The molecule has 2 aromatic carbocycles. The van der Waals surface area contributed by atoms with Crippen LogP contribution in [-0.4, -0.2) is 11.2 Å². The van der Waals surface area contributed by atoms with E-state index < -0.39 is 17.8 Å². The van der Waals surface area contributed by atoms with E-state index in [9.17, 15) is 23.1 Å². The Morgan fingerprint density at radius 1 is 1.04 bits per heavy atom. The largest absolute Gasteiger partial charge is 0.464 e. The van der Waals surface area contributed by atoms with Gasteiger partial charge in [-0.15, -0.1) is 0 Å². The van der Waals surface area contributed by atoms with Crippen LogP contribution in [0.5, 0.6) is 0 Å². The third-order valence-corrected chi connectivity index (χ3v) is 6.08. The lowest BCUT2D eigenvalue weighted by molar-refractivity contribution is -0.137. The minimum atomic E-state index is -4.46. The summed E-state index contributed by atoms with van der Waals surface area (Å²) in [6.45, 7) is 0. The van der Waals surface area contributed by atoms with E-state index in [1.54, 1.807) is 6.07 Å². The fourth-order valence-corrected chi connectivity index (χ4v) is 4.87. The first kappa shape index (κ1) is 17.3. The standard InChI is InChI=1S/C19H16F3NO2S/c20-19(21,22)13-6-8-15-17(10-13)26-16-9-12(11-3-1-2-4-11)5-7-14(16)23(15)18(24)25/h5-11H,1-4H2,(H,24,25). The highest BCUT2D eigenvalue weighted by Crippen LogP contribution is 2.50. The fraction of sp³-hybridized carbons (Fsp3) is 0.316. The van der Waals surface area contributed by atoms with Gasteiger partial charge in [-0.2, -0.15) is 13.2 Å². The van der Waals surface area contributed by atoms with Crippen molar-refractivity contribution in [2.45, 2.75) is 47.6 Å². The zero-order valence-electron chi connectivity index (χ0n) is 13.7. The number of anilines is 2. The number of benzene rings is 2. The summed E-state index contributed by atoms with van der Waals surface area (Å²) in [6.07, 6.45) is -1.12. The van der Waals surface area contributed by atoms with E-state index in [1.165, 1.54) is 30.7 Å². The lowest BCUT2D eigenvalue weighted by Crippen LogP contribution is -2.26. The van der Waals surface area contributed by atoms with Gasteiger partial charge in [0.2, 0.25) is 0 Å². The van der Waals surface area contributed by atoms with Crippen molar-refractivity contribution in [1.29, 1.82) is 0 Å². The Hall–Kier alpha value is -2.15. The number of fused-ring (bicyclic) bond motifs is 2. The molecule has 1 amide bonds. The van der Waals surface area contributed by atoms with Crippen molar-refractivity contribution >= 4 is 29.2 Å². The minimum absolute atomic E-state index is 0.261. The van der Waals surface area contributed by atoms with Crippen molar-refractivity contribution in [3.8, 4) is 0 Å². The van der Waals surface area contributed by atoms with E-state index >= 15 is 0 Å². The second-order valence-electron chi connectivity index (χ2n) is 6.61. The number of nitrogens with zero attached hydrogens (tertiary/aromatic N) is 1. The molecular formula is C19H16F3NO2S. The molecule has 0 aromatic heterocycles. The first-order chi connectivity index (χ1) is 12.3. The van der Waals surface area contributed by atoms with Gasteiger partial charge in [-0.25, -0.2) is 9.69 Å². The number of carbonyl (C=O) groups is 1. The molecule has 2 aliphatic rings. The summed E-state index contributed by atoms with van der Waals surface area (Å²) < 4.78 is 39.1. The number of hydrogen-bond donors (Lipinski definition) is 1. The van der Waals surface area contributed by atoms with Crippen LogP contribution in [0, 0.1) is 0 Å². The van der Waals surface area contributed by atoms with Crippen molar-refractivity contribution < 1.29 is 23.1 Å². The summed E-state index contributed by atoms with van der Waals surface area (Å²) in [5.41, 5.74) is 1.12. The van der Waals surface area contributed by atoms with Crippen LogP contribution in [-0.2, 0) is 6.18 Å². The molecule has 7 heteroatoms. The highest BCUT2D eigenvalue weighted by molar-refractivity contribution is 7.99. The molecule has 1 heterocycles. The predicted octanol–water partition coefficient (Wildman–Crippen LogP) is 6.64. The number of hydrogen-bond acceptors (Lipinski definition) is 2. The molecule has 2 aromatic rings. The molecule has 1 N–H and O–H groups in total. The predicted molar refractivity (Wildman–Crippen MR) is 93.4 cm³/mol. The van der Waals surface area contributed by atoms with Crippen molar-refractivity contribution in [3.05, 3.63) is 47.5 Å². The SMILES string of the molecule is O=C(O)N1c2ccc(C3CCCC3)cc2Sc2cc(C(F)(F)F)ccc21. The lowest BCUT2D eigenvalue weighted by atomic mass is 9.97. The van der Waals surface area contributed by atoms with Gasteiger partial charge in [-0.3, -0.25) is 0 Å². The van der Waals surface area contributed by atoms with Crippen LogP contribution < -0.4 is 4.90 Å². The van der Waals surface area contributed by atoms with Crippen molar-refractivity contribution in [1.82, 2.24) is 0 Å².